The summed E-state index contributed by atoms with van der Waals surface area (Å²) in [7, 11) is 3.45. The second-order valence-corrected chi connectivity index (χ2v) is 10.0. The van der Waals surface area contributed by atoms with Gasteiger partial charge in [-0.05, 0) is 58.4 Å². The Morgan fingerprint density at radius 2 is 1.84 bits per heavy atom. The molecule has 0 aromatic carbocycles. The van der Waals surface area contributed by atoms with E-state index in [4.69, 9.17) is 9.47 Å². The van der Waals surface area contributed by atoms with Gasteiger partial charge in [0.15, 0.2) is 0 Å². The Kier molecular flexibility index (Phi) is 5.80. The second kappa shape index (κ2) is 7.07. The van der Waals surface area contributed by atoms with Crippen molar-refractivity contribution in [3.05, 3.63) is 0 Å². The highest BCUT2D eigenvalue weighted by Gasteiger charge is 2.57. The van der Waals surface area contributed by atoms with Crippen molar-refractivity contribution < 1.29 is 14.3 Å². The zero-order valence-electron chi connectivity index (χ0n) is 17.5. The molecular weight excluding hydrogens is 316 g/mol. The van der Waals surface area contributed by atoms with Gasteiger partial charge in [-0.3, -0.25) is 4.90 Å². The molecule has 146 valence electrons. The van der Waals surface area contributed by atoms with Gasteiger partial charge in [-0.2, -0.15) is 0 Å². The van der Waals surface area contributed by atoms with Gasteiger partial charge in [0.05, 0.1) is 11.7 Å². The van der Waals surface area contributed by atoms with Crippen molar-refractivity contribution in [1.29, 1.82) is 0 Å². The van der Waals surface area contributed by atoms with Crippen LogP contribution in [0.4, 0.5) is 4.79 Å². The summed E-state index contributed by atoms with van der Waals surface area (Å²) in [4.78, 5) is 15.9. The van der Waals surface area contributed by atoms with Crippen molar-refractivity contribution in [3.63, 3.8) is 0 Å². The standard InChI is InChI=1S/C20H38N2O3/c1-18(2,3)16(25-19(4,5)6)20-11-9-13-22(20)15(10-12-20)14-24-17(23)21(7)8/h15-16H,9-14H2,1-8H3/t15-,16?,20-/m1/s1. The summed E-state index contributed by atoms with van der Waals surface area (Å²) in [5.41, 5.74) is -0.0395. The van der Waals surface area contributed by atoms with Crippen LogP contribution in [-0.4, -0.2) is 66.4 Å². The van der Waals surface area contributed by atoms with Crippen molar-refractivity contribution in [2.24, 2.45) is 5.41 Å². The van der Waals surface area contributed by atoms with Gasteiger partial charge in [0.2, 0.25) is 0 Å². The van der Waals surface area contributed by atoms with E-state index >= 15 is 0 Å². The maximum atomic E-state index is 11.8. The van der Waals surface area contributed by atoms with E-state index in [-0.39, 0.29) is 28.8 Å². The van der Waals surface area contributed by atoms with E-state index in [0.717, 1.165) is 19.4 Å². The van der Waals surface area contributed by atoms with Crippen molar-refractivity contribution in [3.8, 4) is 0 Å². The zero-order valence-corrected chi connectivity index (χ0v) is 17.5. The molecule has 0 bridgehead atoms. The second-order valence-electron chi connectivity index (χ2n) is 10.0. The summed E-state index contributed by atoms with van der Waals surface area (Å²) in [6.45, 7) is 14.8. The number of rotatable bonds is 4. The Balaban J connectivity index is 2.19. The van der Waals surface area contributed by atoms with Crippen LogP contribution < -0.4 is 0 Å². The van der Waals surface area contributed by atoms with Crippen molar-refractivity contribution >= 4 is 6.09 Å². The summed E-state index contributed by atoms with van der Waals surface area (Å²) in [5, 5.41) is 0. The molecule has 2 aliphatic rings. The number of amides is 1. The summed E-state index contributed by atoms with van der Waals surface area (Å²) in [5.74, 6) is 0. The number of fused-ring (bicyclic) bond motifs is 1. The first-order valence-electron chi connectivity index (χ1n) is 9.65. The maximum Gasteiger partial charge on any atom is 0.409 e. The monoisotopic (exact) mass is 354 g/mol. The minimum absolute atomic E-state index is 0.0606. The highest BCUT2D eigenvalue weighted by atomic mass is 16.6. The maximum absolute atomic E-state index is 11.8. The molecule has 1 unspecified atom stereocenters. The molecule has 0 radical (unpaired) electrons. The lowest BCUT2D eigenvalue weighted by molar-refractivity contribution is -0.162. The number of hydrogen-bond donors (Lipinski definition) is 0. The zero-order chi connectivity index (χ0) is 19.0. The molecule has 5 nitrogen and oxygen atoms in total. The molecule has 2 fully saturated rings. The highest BCUT2D eigenvalue weighted by molar-refractivity contribution is 5.66. The summed E-state index contributed by atoms with van der Waals surface area (Å²) < 4.78 is 12.2. The van der Waals surface area contributed by atoms with Crippen LogP contribution in [0.2, 0.25) is 0 Å². The van der Waals surface area contributed by atoms with E-state index < -0.39 is 0 Å². The third-order valence-electron chi connectivity index (χ3n) is 5.44. The number of carbonyl (C=O) groups is 1. The predicted molar refractivity (Wildman–Crippen MR) is 101 cm³/mol. The van der Waals surface area contributed by atoms with Gasteiger partial charge < -0.3 is 14.4 Å². The van der Waals surface area contributed by atoms with E-state index in [1.165, 1.54) is 17.7 Å². The number of nitrogens with zero attached hydrogens (tertiary/aromatic N) is 2. The van der Waals surface area contributed by atoms with Gasteiger partial charge >= 0.3 is 6.09 Å². The molecule has 1 amide bonds. The van der Waals surface area contributed by atoms with Crippen LogP contribution in [0.1, 0.15) is 67.2 Å². The minimum atomic E-state index is -0.255. The van der Waals surface area contributed by atoms with Crippen LogP contribution in [-0.2, 0) is 9.47 Å². The average molecular weight is 355 g/mol. The number of ether oxygens (including phenoxy) is 2. The fourth-order valence-electron chi connectivity index (χ4n) is 4.64. The number of carbonyl (C=O) groups excluding carboxylic acids is 1. The Morgan fingerprint density at radius 3 is 2.36 bits per heavy atom. The van der Waals surface area contributed by atoms with E-state index in [2.05, 4.69) is 46.4 Å². The minimum Gasteiger partial charge on any atom is -0.448 e. The molecule has 2 heterocycles. The SMILES string of the molecule is CN(C)C(=O)OC[C@H]1CC[C@@]2(C(OC(C)(C)C)C(C)(C)C)CCCN12. The van der Waals surface area contributed by atoms with Gasteiger partial charge in [-0.15, -0.1) is 0 Å². The highest BCUT2D eigenvalue weighted by Crippen LogP contribution is 2.50. The van der Waals surface area contributed by atoms with Crippen LogP contribution in [0.15, 0.2) is 0 Å². The summed E-state index contributed by atoms with van der Waals surface area (Å²) in [6.07, 6.45) is 4.46. The van der Waals surface area contributed by atoms with Crippen molar-refractivity contribution in [1.82, 2.24) is 9.80 Å². The molecule has 25 heavy (non-hydrogen) atoms. The molecule has 2 saturated heterocycles. The Hall–Kier alpha value is -0.810. The Labute approximate surface area is 154 Å². The first kappa shape index (κ1) is 20.5. The number of hydrogen-bond acceptors (Lipinski definition) is 4. The molecular formula is C20H38N2O3. The Morgan fingerprint density at radius 1 is 1.20 bits per heavy atom. The molecule has 0 spiro atoms. The first-order chi connectivity index (χ1) is 11.4. The van der Waals surface area contributed by atoms with Crippen LogP contribution in [0, 0.1) is 5.41 Å². The lowest BCUT2D eigenvalue weighted by atomic mass is 9.73. The molecule has 2 aliphatic heterocycles. The lowest BCUT2D eigenvalue weighted by Crippen LogP contribution is -2.59. The van der Waals surface area contributed by atoms with Crippen molar-refractivity contribution in [2.45, 2.75) is 90.5 Å². The van der Waals surface area contributed by atoms with Crippen LogP contribution in [0.5, 0.6) is 0 Å². The molecule has 5 heteroatoms. The van der Waals surface area contributed by atoms with E-state index in [0.29, 0.717) is 12.6 Å². The predicted octanol–water partition coefficient (Wildman–Crippen LogP) is 3.91. The molecule has 0 aromatic rings. The van der Waals surface area contributed by atoms with Gasteiger partial charge in [0, 0.05) is 25.7 Å². The van der Waals surface area contributed by atoms with Crippen LogP contribution in [0.3, 0.4) is 0 Å². The van der Waals surface area contributed by atoms with Crippen LogP contribution in [0.25, 0.3) is 0 Å². The quantitative estimate of drug-likeness (QED) is 0.767. The summed E-state index contributed by atoms with van der Waals surface area (Å²) in [6, 6.07) is 0.305. The van der Waals surface area contributed by atoms with Crippen molar-refractivity contribution in [2.75, 3.05) is 27.2 Å². The third-order valence-corrected chi connectivity index (χ3v) is 5.44. The first-order valence-corrected chi connectivity index (χ1v) is 9.65. The lowest BCUT2D eigenvalue weighted by Gasteiger charge is -2.49. The molecule has 0 saturated carbocycles. The van der Waals surface area contributed by atoms with E-state index in [1.54, 1.807) is 14.1 Å². The smallest absolute Gasteiger partial charge is 0.409 e. The third kappa shape index (κ3) is 4.48. The normalized spacial score (nSPS) is 28.7. The molecule has 0 N–H and O–H groups in total. The molecule has 3 atom stereocenters. The summed E-state index contributed by atoms with van der Waals surface area (Å²) >= 11 is 0. The molecule has 2 rings (SSSR count). The van der Waals surface area contributed by atoms with Crippen LogP contribution >= 0.6 is 0 Å². The van der Waals surface area contributed by atoms with E-state index in [1.807, 2.05) is 0 Å². The largest absolute Gasteiger partial charge is 0.448 e. The Bertz CT molecular complexity index is 478. The van der Waals surface area contributed by atoms with Gasteiger partial charge in [-0.1, -0.05) is 20.8 Å². The van der Waals surface area contributed by atoms with Gasteiger partial charge in [0.25, 0.3) is 0 Å². The van der Waals surface area contributed by atoms with E-state index in [9.17, 15) is 4.79 Å². The fraction of sp³-hybridized carbons (Fsp3) is 0.950. The van der Waals surface area contributed by atoms with Gasteiger partial charge in [-0.25, -0.2) is 4.79 Å². The average Bonchev–Trinajstić information content (AvgIpc) is 2.99. The fourth-order valence-corrected chi connectivity index (χ4v) is 4.64. The topological polar surface area (TPSA) is 42.0 Å². The molecule has 0 aromatic heterocycles. The van der Waals surface area contributed by atoms with Gasteiger partial charge in [0.1, 0.15) is 6.61 Å². The molecule has 0 aliphatic carbocycles.